The monoisotopic (exact) mass is 304 g/mol. The van der Waals surface area contributed by atoms with Crippen LogP contribution in [0.1, 0.15) is 50.1 Å². The van der Waals surface area contributed by atoms with Gasteiger partial charge in [-0.05, 0) is 68.1 Å². The summed E-state index contributed by atoms with van der Waals surface area (Å²) in [7, 11) is 0. The Morgan fingerprint density at radius 2 is 1.71 bits per heavy atom. The van der Waals surface area contributed by atoms with Crippen molar-refractivity contribution >= 4 is 11.8 Å². The fourth-order valence-electron chi connectivity index (χ4n) is 4.26. The maximum Gasteiger partial charge on any atom is 0.0470 e. The summed E-state index contributed by atoms with van der Waals surface area (Å²) >= 11 is 1.80. The third-order valence-electron chi connectivity index (χ3n) is 5.69. The first-order valence-corrected chi connectivity index (χ1v) is 9.57. The molecule has 2 N–H and O–H groups in total. The molecule has 1 atom stereocenters. The number of nitrogens with two attached hydrogens (primary N) is 1. The molecule has 1 spiro atoms. The predicted octanol–water partition coefficient (Wildman–Crippen LogP) is 4.06. The van der Waals surface area contributed by atoms with Gasteiger partial charge < -0.3 is 5.73 Å². The van der Waals surface area contributed by atoms with Crippen molar-refractivity contribution in [2.75, 3.05) is 25.9 Å². The lowest BCUT2D eigenvalue weighted by Crippen LogP contribution is -2.43. The molecule has 1 unspecified atom stereocenters. The van der Waals surface area contributed by atoms with Crippen LogP contribution in [0.4, 0.5) is 0 Å². The molecular weight excluding hydrogens is 276 g/mol. The van der Waals surface area contributed by atoms with Gasteiger partial charge in [0.2, 0.25) is 0 Å². The lowest BCUT2D eigenvalue weighted by atomic mass is 9.76. The third kappa shape index (κ3) is 3.30. The Morgan fingerprint density at radius 1 is 1.10 bits per heavy atom. The van der Waals surface area contributed by atoms with Gasteiger partial charge in [-0.25, -0.2) is 0 Å². The molecule has 0 aromatic heterocycles. The largest absolute Gasteiger partial charge is 0.329 e. The van der Waals surface area contributed by atoms with Crippen molar-refractivity contribution in [3.8, 4) is 0 Å². The molecule has 3 rings (SSSR count). The second-order valence-corrected chi connectivity index (χ2v) is 7.65. The van der Waals surface area contributed by atoms with Crippen LogP contribution < -0.4 is 5.73 Å². The minimum atomic E-state index is 0.402. The highest BCUT2D eigenvalue weighted by molar-refractivity contribution is 7.98. The van der Waals surface area contributed by atoms with E-state index in [1.807, 2.05) is 0 Å². The summed E-state index contributed by atoms with van der Waals surface area (Å²) in [6.45, 7) is 3.18. The van der Waals surface area contributed by atoms with Crippen molar-refractivity contribution in [1.82, 2.24) is 4.90 Å². The molecule has 0 amide bonds. The van der Waals surface area contributed by atoms with Gasteiger partial charge >= 0.3 is 0 Å². The molecule has 2 fully saturated rings. The highest BCUT2D eigenvalue weighted by atomic mass is 32.2. The standard InChI is InChI=1S/C18H28N2S/c1-21-16-6-4-15(5-7-16)17(14-19)20-12-10-18(11-13-20)8-2-3-9-18/h4-7,17H,2-3,8-14,19H2,1H3. The van der Waals surface area contributed by atoms with Crippen molar-refractivity contribution in [3.05, 3.63) is 29.8 Å². The Morgan fingerprint density at radius 3 is 2.24 bits per heavy atom. The Labute approximate surface area is 133 Å². The summed E-state index contributed by atoms with van der Waals surface area (Å²) in [5, 5.41) is 0. The van der Waals surface area contributed by atoms with E-state index >= 15 is 0 Å². The normalized spacial score (nSPS) is 23.5. The van der Waals surface area contributed by atoms with Crippen molar-refractivity contribution < 1.29 is 0 Å². The summed E-state index contributed by atoms with van der Waals surface area (Å²) in [4.78, 5) is 3.95. The first kappa shape index (κ1) is 15.4. The van der Waals surface area contributed by atoms with Crippen LogP contribution in [0.25, 0.3) is 0 Å². The molecule has 2 nitrogen and oxygen atoms in total. The van der Waals surface area contributed by atoms with E-state index in [2.05, 4.69) is 35.4 Å². The van der Waals surface area contributed by atoms with Gasteiger partial charge in [-0.3, -0.25) is 4.90 Å². The molecule has 1 aliphatic heterocycles. The van der Waals surface area contributed by atoms with Gasteiger partial charge in [0.1, 0.15) is 0 Å². The van der Waals surface area contributed by atoms with Gasteiger partial charge in [-0.15, -0.1) is 11.8 Å². The molecule has 1 aromatic carbocycles. The van der Waals surface area contributed by atoms with Crippen molar-refractivity contribution in [3.63, 3.8) is 0 Å². The van der Waals surface area contributed by atoms with E-state index < -0.39 is 0 Å². The Bertz CT molecular complexity index is 441. The summed E-state index contributed by atoms with van der Waals surface area (Å²) in [6, 6.07) is 9.39. The van der Waals surface area contributed by atoms with E-state index in [0.717, 1.165) is 6.54 Å². The van der Waals surface area contributed by atoms with Crippen LogP contribution in [-0.4, -0.2) is 30.8 Å². The van der Waals surface area contributed by atoms with Crippen molar-refractivity contribution in [1.29, 1.82) is 0 Å². The van der Waals surface area contributed by atoms with Crippen LogP contribution in [-0.2, 0) is 0 Å². The summed E-state index contributed by atoms with van der Waals surface area (Å²) in [5.41, 5.74) is 8.18. The lowest BCUT2D eigenvalue weighted by Gasteiger charge is -2.42. The topological polar surface area (TPSA) is 29.3 Å². The average molecular weight is 305 g/mol. The van der Waals surface area contributed by atoms with E-state index in [-0.39, 0.29) is 0 Å². The molecule has 1 heterocycles. The van der Waals surface area contributed by atoms with E-state index in [0.29, 0.717) is 11.5 Å². The molecule has 1 saturated carbocycles. The first-order valence-electron chi connectivity index (χ1n) is 8.34. The highest BCUT2D eigenvalue weighted by Gasteiger charge is 2.38. The van der Waals surface area contributed by atoms with Gasteiger partial charge in [0.25, 0.3) is 0 Å². The van der Waals surface area contributed by atoms with Gasteiger partial charge in [0, 0.05) is 17.5 Å². The van der Waals surface area contributed by atoms with E-state index in [1.54, 1.807) is 11.8 Å². The second kappa shape index (κ2) is 6.72. The maximum atomic E-state index is 6.10. The Balaban J connectivity index is 1.66. The molecule has 21 heavy (non-hydrogen) atoms. The number of benzene rings is 1. The van der Waals surface area contributed by atoms with Crippen LogP contribution in [0.15, 0.2) is 29.2 Å². The average Bonchev–Trinajstić information content (AvgIpc) is 2.99. The second-order valence-electron chi connectivity index (χ2n) is 6.77. The van der Waals surface area contributed by atoms with Crippen LogP contribution >= 0.6 is 11.8 Å². The number of thioether (sulfide) groups is 1. The molecule has 1 aliphatic carbocycles. The van der Waals surface area contributed by atoms with E-state index in [9.17, 15) is 0 Å². The Hall–Kier alpha value is -0.510. The zero-order valence-electron chi connectivity index (χ0n) is 13.2. The fourth-order valence-corrected chi connectivity index (χ4v) is 4.67. The van der Waals surface area contributed by atoms with Crippen LogP contribution in [0.5, 0.6) is 0 Å². The molecule has 0 radical (unpaired) electrons. The highest BCUT2D eigenvalue weighted by Crippen LogP contribution is 2.47. The van der Waals surface area contributed by atoms with Crippen LogP contribution in [0, 0.1) is 5.41 Å². The number of hydrogen-bond acceptors (Lipinski definition) is 3. The zero-order chi connectivity index (χ0) is 14.7. The van der Waals surface area contributed by atoms with E-state index in [4.69, 9.17) is 5.73 Å². The van der Waals surface area contributed by atoms with Crippen molar-refractivity contribution in [2.24, 2.45) is 11.1 Å². The van der Waals surface area contributed by atoms with Crippen LogP contribution in [0.2, 0.25) is 0 Å². The van der Waals surface area contributed by atoms with Gasteiger partial charge in [0.15, 0.2) is 0 Å². The maximum absolute atomic E-state index is 6.10. The molecule has 0 bridgehead atoms. The van der Waals surface area contributed by atoms with Gasteiger partial charge in [0.05, 0.1) is 0 Å². The number of hydrogen-bond donors (Lipinski definition) is 1. The summed E-state index contributed by atoms with van der Waals surface area (Å²) in [6.07, 6.45) is 10.7. The number of piperidine rings is 1. The number of rotatable bonds is 4. The zero-order valence-corrected chi connectivity index (χ0v) is 14.0. The number of likely N-dealkylation sites (tertiary alicyclic amines) is 1. The molecule has 2 aliphatic rings. The van der Waals surface area contributed by atoms with E-state index in [1.165, 1.54) is 62.1 Å². The molecule has 1 aromatic rings. The molecule has 116 valence electrons. The SMILES string of the molecule is CSc1ccc(C(CN)N2CCC3(CCCC3)CC2)cc1. The van der Waals surface area contributed by atoms with Crippen molar-refractivity contribution in [2.45, 2.75) is 49.5 Å². The summed E-state index contributed by atoms with van der Waals surface area (Å²) in [5.74, 6) is 0. The number of nitrogens with zero attached hydrogens (tertiary/aromatic N) is 1. The quantitative estimate of drug-likeness (QED) is 0.850. The smallest absolute Gasteiger partial charge is 0.0470 e. The third-order valence-corrected chi connectivity index (χ3v) is 6.43. The predicted molar refractivity (Wildman–Crippen MR) is 91.7 cm³/mol. The minimum Gasteiger partial charge on any atom is -0.329 e. The van der Waals surface area contributed by atoms with Crippen LogP contribution in [0.3, 0.4) is 0 Å². The molecular formula is C18H28N2S. The van der Waals surface area contributed by atoms with Gasteiger partial charge in [-0.1, -0.05) is 25.0 Å². The summed E-state index contributed by atoms with van der Waals surface area (Å²) < 4.78 is 0. The van der Waals surface area contributed by atoms with Gasteiger partial charge in [-0.2, -0.15) is 0 Å². The molecule has 3 heteroatoms. The lowest BCUT2D eigenvalue weighted by molar-refractivity contribution is 0.0780. The molecule has 1 saturated heterocycles. The minimum absolute atomic E-state index is 0.402. The fraction of sp³-hybridized carbons (Fsp3) is 0.667. The Kier molecular flexibility index (Phi) is 4.92. The first-order chi connectivity index (χ1) is 10.3.